The minimum atomic E-state index is -0.199. The van der Waals surface area contributed by atoms with E-state index in [4.69, 9.17) is 4.74 Å². The first-order chi connectivity index (χ1) is 7.04. The summed E-state index contributed by atoms with van der Waals surface area (Å²) in [5, 5.41) is 1.14. The second kappa shape index (κ2) is 3.54. The zero-order chi connectivity index (χ0) is 10.9. The molecule has 0 amide bonds. The van der Waals surface area contributed by atoms with Crippen LogP contribution in [-0.4, -0.2) is 10.6 Å². The van der Waals surface area contributed by atoms with E-state index in [2.05, 4.69) is 4.98 Å². The van der Waals surface area contributed by atoms with Gasteiger partial charge in [0, 0.05) is 11.5 Å². The molecule has 2 aromatic rings. The van der Waals surface area contributed by atoms with Crippen molar-refractivity contribution in [1.82, 2.24) is 4.98 Å². The van der Waals surface area contributed by atoms with Gasteiger partial charge in [-0.05, 0) is 32.9 Å². The lowest BCUT2D eigenvalue weighted by atomic mass is 10.2. The maximum Gasteiger partial charge on any atom is 0.214 e. The summed E-state index contributed by atoms with van der Waals surface area (Å²) in [5.41, 5.74) is 0.773. The van der Waals surface area contributed by atoms with Crippen LogP contribution >= 0.6 is 0 Å². The van der Waals surface area contributed by atoms with E-state index in [-0.39, 0.29) is 5.60 Å². The summed E-state index contributed by atoms with van der Waals surface area (Å²) < 4.78 is 5.70. The summed E-state index contributed by atoms with van der Waals surface area (Å²) in [7, 11) is 0. The van der Waals surface area contributed by atoms with E-state index in [9.17, 15) is 0 Å². The van der Waals surface area contributed by atoms with Gasteiger partial charge in [0.1, 0.15) is 5.60 Å². The Morgan fingerprint density at radius 3 is 2.47 bits per heavy atom. The maximum atomic E-state index is 5.70. The molecule has 0 unspecified atom stereocenters. The van der Waals surface area contributed by atoms with E-state index in [1.165, 1.54) is 0 Å². The molecule has 0 N–H and O–H groups in total. The molecule has 78 valence electrons. The third kappa shape index (κ3) is 2.46. The number of ether oxygens (including phenoxy) is 1. The highest BCUT2D eigenvalue weighted by Gasteiger charge is 2.12. The van der Waals surface area contributed by atoms with Crippen LogP contribution in [0.25, 0.3) is 10.9 Å². The van der Waals surface area contributed by atoms with Gasteiger partial charge in [-0.1, -0.05) is 18.2 Å². The third-order valence-corrected chi connectivity index (χ3v) is 1.98. The number of para-hydroxylation sites is 1. The van der Waals surface area contributed by atoms with Crippen LogP contribution in [0.3, 0.4) is 0 Å². The fourth-order valence-corrected chi connectivity index (χ4v) is 1.42. The molecule has 0 spiro atoms. The summed E-state index contributed by atoms with van der Waals surface area (Å²) in [6.07, 6.45) is 0. The Bertz CT molecular complexity index is 471. The molecule has 2 heteroatoms. The Kier molecular flexibility index (Phi) is 2.35. The van der Waals surface area contributed by atoms with Crippen molar-refractivity contribution in [2.24, 2.45) is 0 Å². The molecule has 0 saturated heterocycles. The lowest BCUT2D eigenvalue weighted by Gasteiger charge is -2.20. The van der Waals surface area contributed by atoms with Crippen LogP contribution in [0, 0.1) is 0 Å². The first kappa shape index (κ1) is 9.97. The number of benzene rings is 1. The van der Waals surface area contributed by atoms with Gasteiger partial charge in [-0.3, -0.25) is 0 Å². The van der Waals surface area contributed by atoms with Gasteiger partial charge in [0.2, 0.25) is 5.88 Å². The number of hydrogen-bond acceptors (Lipinski definition) is 2. The third-order valence-electron chi connectivity index (χ3n) is 1.98. The Morgan fingerprint density at radius 2 is 1.73 bits per heavy atom. The van der Waals surface area contributed by atoms with Crippen LogP contribution in [0.1, 0.15) is 20.8 Å². The van der Waals surface area contributed by atoms with Gasteiger partial charge in [0.25, 0.3) is 0 Å². The zero-order valence-electron chi connectivity index (χ0n) is 9.32. The number of rotatable bonds is 1. The van der Waals surface area contributed by atoms with Crippen molar-refractivity contribution < 1.29 is 4.74 Å². The Hall–Kier alpha value is -1.57. The summed E-state index contributed by atoms with van der Waals surface area (Å²) in [6, 6.07) is 12.0. The monoisotopic (exact) mass is 201 g/mol. The van der Waals surface area contributed by atoms with E-state index in [0.29, 0.717) is 5.88 Å². The second-order valence-corrected chi connectivity index (χ2v) is 4.56. The number of pyridine rings is 1. The molecular weight excluding hydrogens is 186 g/mol. The number of fused-ring (bicyclic) bond motifs is 1. The molecule has 0 bridgehead atoms. The molecule has 1 heterocycles. The van der Waals surface area contributed by atoms with Gasteiger partial charge in [-0.15, -0.1) is 0 Å². The lowest BCUT2D eigenvalue weighted by molar-refractivity contribution is 0.124. The lowest BCUT2D eigenvalue weighted by Crippen LogP contribution is -2.23. The SMILES string of the molecule is CC(C)(C)Oc1ccc2ccccc2n1. The molecule has 0 aliphatic rings. The molecule has 1 aromatic heterocycles. The highest BCUT2D eigenvalue weighted by molar-refractivity contribution is 5.78. The van der Waals surface area contributed by atoms with Crippen molar-refractivity contribution >= 4 is 10.9 Å². The molecule has 0 aliphatic carbocycles. The molecule has 0 atom stereocenters. The van der Waals surface area contributed by atoms with Gasteiger partial charge in [-0.25, -0.2) is 4.98 Å². The first-order valence-electron chi connectivity index (χ1n) is 5.09. The fraction of sp³-hybridized carbons (Fsp3) is 0.308. The predicted octanol–water partition coefficient (Wildman–Crippen LogP) is 3.41. The standard InChI is InChI=1S/C13H15NO/c1-13(2,3)15-12-9-8-10-6-4-5-7-11(10)14-12/h4-9H,1-3H3. The zero-order valence-corrected chi connectivity index (χ0v) is 9.32. The van der Waals surface area contributed by atoms with Crippen LogP contribution in [0.2, 0.25) is 0 Å². The maximum absolute atomic E-state index is 5.70. The van der Waals surface area contributed by atoms with Gasteiger partial charge in [0.15, 0.2) is 0 Å². The van der Waals surface area contributed by atoms with Crippen molar-refractivity contribution in [3.05, 3.63) is 36.4 Å². The Morgan fingerprint density at radius 1 is 1.00 bits per heavy atom. The van der Waals surface area contributed by atoms with E-state index in [1.54, 1.807) is 0 Å². The first-order valence-corrected chi connectivity index (χ1v) is 5.09. The van der Waals surface area contributed by atoms with Gasteiger partial charge < -0.3 is 4.74 Å². The van der Waals surface area contributed by atoms with Crippen LogP contribution in [0.15, 0.2) is 36.4 Å². The smallest absolute Gasteiger partial charge is 0.214 e. The normalized spacial score (nSPS) is 11.7. The average molecular weight is 201 g/mol. The van der Waals surface area contributed by atoms with E-state index in [0.717, 1.165) is 10.9 Å². The molecule has 0 aliphatic heterocycles. The molecular formula is C13H15NO. The number of aromatic nitrogens is 1. The van der Waals surface area contributed by atoms with E-state index in [1.807, 2.05) is 57.2 Å². The van der Waals surface area contributed by atoms with Crippen molar-refractivity contribution in [3.63, 3.8) is 0 Å². The average Bonchev–Trinajstić information content (AvgIpc) is 2.15. The quantitative estimate of drug-likeness (QED) is 0.705. The van der Waals surface area contributed by atoms with Gasteiger partial charge in [0.05, 0.1) is 5.52 Å². The molecule has 0 saturated carbocycles. The van der Waals surface area contributed by atoms with Crippen molar-refractivity contribution in [2.75, 3.05) is 0 Å². The highest BCUT2D eigenvalue weighted by atomic mass is 16.5. The van der Waals surface area contributed by atoms with Crippen LogP contribution in [-0.2, 0) is 0 Å². The molecule has 15 heavy (non-hydrogen) atoms. The van der Waals surface area contributed by atoms with Gasteiger partial charge in [-0.2, -0.15) is 0 Å². The molecule has 0 radical (unpaired) electrons. The minimum Gasteiger partial charge on any atom is -0.472 e. The summed E-state index contributed by atoms with van der Waals surface area (Å²) in [4.78, 5) is 4.44. The molecule has 2 rings (SSSR count). The molecule has 2 nitrogen and oxygen atoms in total. The van der Waals surface area contributed by atoms with Crippen LogP contribution < -0.4 is 4.74 Å². The summed E-state index contributed by atoms with van der Waals surface area (Å²) >= 11 is 0. The number of hydrogen-bond donors (Lipinski definition) is 0. The molecule has 1 aromatic carbocycles. The summed E-state index contributed by atoms with van der Waals surface area (Å²) in [6.45, 7) is 6.05. The van der Waals surface area contributed by atoms with Gasteiger partial charge >= 0.3 is 0 Å². The fourth-order valence-electron chi connectivity index (χ4n) is 1.42. The van der Waals surface area contributed by atoms with Crippen molar-refractivity contribution in [3.8, 4) is 5.88 Å². The van der Waals surface area contributed by atoms with Crippen molar-refractivity contribution in [1.29, 1.82) is 0 Å². The minimum absolute atomic E-state index is 0.199. The predicted molar refractivity (Wildman–Crippen MR) is 62.1 cm³/mol. The largest absolute Gasteiger partial charge is 0.472 e. The van der Waals surface area contributed by atoms with E-state index >= 15 is 0 Å². The Labute approximate surface area is 89.9 Å². The van der Waals surface area contributed by atoms with Crippen molar-refractivity contribution in [2.45, 2.75) is 26.4 Å². The van der Waals surface area contributed by atoms with E-state index < -0.39 is 0 Å². The second-order valence-electron chi connectivity index (χ2n) is 4.56. The molecule has 0 fully saturated rings. The summed E-state index contributed by atoms with van der Waals surface area (Å²) in [5.74, 6) is 0.682. The highest BCUT2D eigenvalue weighted by Crippen LogP contribution is 2.19. The van der Waals surface area contributed by atoms with Crippen LogP contribution in [0.5, 0.6) is 5.88 Å². The number of nitrogens with zero attached hydrogens (tertiary/aromatic N) is 1. The topological polar surface area (TPSA) is 22.1 Å². The van der Waals surface area contributed by atoms with Crippen LogP contribution in [0.4, 0.5) is 0 Å². The Balaban J connectivity index is 2.39.